The van der Waals surface area contributed by atoms with Gasteiger partial charge in [0.15, 0.2) is 0 Å². The lowest BCUT2D eigenvalue weighted by molar-refractivity contribution is 0.0330. The van der Waals surface area contributed by atoms with E-state index < -0.39 is 23.4 Å². The summed E-state index contributed by atoms with van der Waals surface area (Å²) in [5.74, 6) is -1.05. The molecule has 1 aliphatic rings. The summed E-state index contributed by atoms with van der Waals surface area (Å²) < 4.78 is 18.6. The molecule has 1 saturated carbocycles. The van der Waals surface area contributed by atoms with Gasteiger partial charge in [-0.2, -0.15) is 0 Å². The third kappa shape index (κ3) is 5.83. The molecule has 144 valence electrons. The maximum atomic E-state index is 13.2. The number of halogens is 2. The van der Waals surface area contributed by atoms with Crippen LogP contribution < -0.4 is 10.6 Å². The second kappa shape index (κ2) is 8.66. The molecule has 2 amide bonds. The van der Waals surface area contributed by atoms with E-state index in [9.17, 15) is 14.0 Å². The fourth-order valence-electron chi connectivity index (χ4n) is 2.75. The van der Waals surface area contributed by atoms with Crippen molar-refractivity contribution in [1.29, 1.82) is 0 Å². The van der Waals surface area contributed by atoms with E-state index in [1.165, 1.54) is 0 Å². The molecule has 1 heterocycles. The Morgan fingerprint density at radius 1 is 1.27 bits per heavy atom. The smallest absolute Gasteiger partial charge is 0.407 e. The highest BCUT2D eigenvalue weighted by atomic mass is 35.5. The number of hydrogen-bond acceptors (Lipinski definition) is 4. The number of alkyl carbamates (subject to hydrolysis) is 1. The molecule has 0 atom stereocenters. The predicted octanol–water partition coefficient (Wildman–Crippen LogP) is 3.83. The van der Waals surface area contributed by atoms with Crippen molar-refractivity contribution in [2.75, 3.05) is 0 Å². The highest BCUT2D eigenvalue weighted by Crippen LogP contribution is 2.21. The first-order valence-corrected chi connectivity index (χ1v) is 9.19. The Morgan fingerprint density at radius 3 is 2.42 bits per heavy atom. The molecule has 0 aliphatic heterocycles. The number of carbonyl (C=O) groups is 2. The first kappa shape index (κ1) is 20.4. The van der Waals surface area contributed by atoms with Gasteiger partial charge in [0.05, 0.1) is 11.8 Å². The molecule has 1 fully saturated rings. The Balaban J connectivity index is 1.80. The number of pyridine rings is 1. The van der Waals surface area contributed by atoms with Gasteiger partial charge in [0.25, 0.3) is 5.91 Å². The topological polar surface area (TPSA) is 80.3 Å². The molecule has 1 aromatic heterocycles. The zero-order chi connectivity index (χ0) is 19.3. The van der Waals surface area contributed by atoms with Gasteiger partial charge in [-0.1, -0.05) is 18.5 Å². The minimum Gasteiger partial charge on any atom is -0.444 e. The molecule has 6 nitrogen and oxygen atoms in total. The number of hydrogen-bond donors (Lipinski definition) is 2. The van der Waals surface area contributed by atoms with Gasteiger partial charge in [0, 0.05) is 12.1 Å². The summed E-state index contributed by atoms with van der Waals surface area (Å²) >= 11 is 5.85. The van der Waals surface area contributed by atoms with Crippen molar-refractivity contribution in [2.24, 2.45) is 0 Å². The number of rotatable bonds is 5. The lowest BCUT2D eigenvalue weighted by Crippen LogP contribution is -2.45. The molecule has 0 spiro atoms. The van der Waals surface area contributed by atoms with Gasteiger partial charge in [0.1, 0.15) is 16.6 Å². The van der Waals surface area contributed by atoms with Crippen LogP contribution in [0.4, 0.5) is 9.18 Å². The van der Waals surface area contributed by atoms with Gasteiger partial charge < -0.3 is 15.4 Å². The summed E-state index contributed by atoms with van der Waals surface area (Å²) in [5.41, 5.74) is -0.467. The Bertz CT molecular complexity index is 661. The van der Waals surface area contributed by atoms with Gasteiger partial charge in [-0.05, 0) is 52.0 Å². The molecule has 1 aromatic rings. The third-order valence-electron chi connectivity index (χ3n) is 4.66. The van der Waals surface area contributed by atoms with E-state index in [-0.39, 0.29) is 22.8 Å². The number of amides is 2. The normalized spacial score (nSPS) is 20.3. The molecule has 0 bridgehead atoms. The minimum absolute atomic E-state index is 0.0164. The fourth-order valence-corrected chi connectivity index (χ4v) is 2.94. The molecule has 8 heteroatoms. The molecule has 0 aromatic carbocycles. The lowest BCUT2D eigenvalue weighted by Gasteiger charge is -2.31. The highest BCUT2D eigenvalue weighted by molar-refractivity contribution is 6.32. The maximum Gasteiger partial charge on any atom is 0.407 e. The first-order chi connectivity index (χ1) is 12.2. The molecular weight excluding hydrogens is 361 g/mol. The van der Waals surface area contributed by atoms with E-state index in [1.807, 2.05) is 20.8 Å². The first-order valence-electron chi connectivity index (χ1n) is 8.81. The molecule has 2 rings (SSSR count). The van der Waals surface area contributed by atoms with Crippen LogP contribution in [-0.4, -0.2) is 34.7 Å². The van der Waals surface area contributed by atoms with E-state index in [0.29, 0.717) is 12.8 Å². The minimum atomic E-state index is -0.610. The second-order valence-electron chi connectivity index (χ2n) is 7.16. The average Bonchev–Trinajstić information content (AvgIpc) is 2.58. The summed E-state index contributed by atoms with van der Waals surface area (Å²) in [7, 11) is 0. The SMILES string of the molecule is CCC(C)(C)OC(=O)N[C@H]1CC[C@@H](NC(=O)c2cc(F)cnc2Cl)CC1. The lowest BCUT2D eigenvalue weighted by atomic mass is 9.91. The standard InChI is InChI=1S/C18H25ClFN3O3/c1-4-18(2,3)26-17(25)23-13-7-5-12(6-8-13)22-16(24)14-9-11(20)10-21-15(14)19/h9-10,12-13H,4-8H2,1-3H3,(H,22,24)(H,23,25)/t12-,13+. The predicted molar refractivity (Wildman–Crippen MR) is 96.7 cm³/mol. The van der Waals surface area contributed by atoms with Crippen molar-refractivity contribution in [3.05, 3.63) is 28.8 Å². The van der Waals surface area contributed by atoms with Crippen LogP contribution in [0.1, 0.15) is 63.2 Å². The van der Waals surface area contributed by atoms with Crippen LogP contribution in [0.5, 0.6) is 0 Å². The van der Waals surface area contributed by atoms with Gasteiger partial charge in [-0.15, -0.1) is 0 Å². The summed E-state index contributed by atoms with van der Waals surface area (Å²) in [6.45, 7) is 5.69. The number of aromatic nitrogens is 1. The quantitative estimate of drug-likeness (QED) is 0.755. The Kier molecular flexibility index (Phi) is 6.81. The molecule has 26 heavy (non-hydrogen) atoms. The van der Waals surface area contributed by atoms with Crippen molar-refractivity contribution in [1.82, 2.24) is 15.6 Å². The van der Waals surface area contributed by atoms with Crippen LogP contribution in [0, 0.1) is 5.82 Å². The largest absolute Gasteiger partial charge is 0.444 e. The molecule has 0 saturated heterocycles. The summed E-state index contributed by atoms with van der Waals surface area (Å²) in [5, 5.41) is 5.70. The van der Waals surface area contributed by atoms with Crippen molar-refractivity contribution in [3.8, 4) is 0 Å². The van der Waals surface area contributed by atoms with Crippen molar-refractivity contribution in [3.63, 3.8) is 0 Å². The molecule has 0 radical (unpaired) electrons. The highest BCUT2D eigenvalue weighted by Gasteiger charge is 2.27. The zero-order valence-corrected chi connectivity index (χ0v) is 16.0. The van der Waals surface area contributed by atoms with Crippen LogP contribution >= 0.6 is 11.6 Å². The molecule has 1 aliphatic carbocycles. The van der Waals surface area contributed by atoms with Gasteiger partial charge in [0.2, 0.25) is 0 Å². The average molecular weight is 386 g/mol. The summed E-state index contributed by atoms with van der Waals surface area (Å²) in [4.78, 5) is 27.8. The van der Waals surface area contributed by atoms with E-state index in [0.717, 1.165) is 31.5 Å². The number of carbonyl (C=O) groups excluding carboxylic acids is 2. The molecular formula is C18H25ClFN3O3. The second-order valence-corrected chi connectivity index (χ2v) is 7.52. The van der Waals surface area contributed by atoms with E-state index in [2.05, 4.69) is 15.6 Å². The van der Waals surface area contributed by atoms with Crippen molar-refractivity contribution < 1.29 is 18.7 Å². The summed E-state index contributed by atoms with van der Waals surface area (Å²) in [6.07, 6.45) is 4.14. The third-order valence-corrected chi connectivity index (χ3v) is 4.96. The number of ether oxygens (including phenoxy) is 1. The maximum absolute atomic E-state index is 13.2. The van der Waals surface area contributed by atoms with Gasteiger partial charge in [-0.25, -0.2) is 14.2 Å². The number of nitrogens with zero attached hydrogens (tertiary/aromatic N) is 1. The Hall–Kier alpha value is -1.89. The van der Waals surface area contributed by atoms with Crippen LogP contribution in [0.15, 0.2) is 12.3 Å². The number of nitrogens with one attached hydrogen (secondary N) is 2. The van der Waals surface area contributed by atoms with E-state index >= 15 is 0 Å². The fraction of sp³-hybridized carbons (Fsp3) is 0.611. The van der Waals surface area contributed by atoms with Crippen molar-refractivity contribution >= 4 is 23.6 Å². The van der Waals surface area contributed by atoms with Crippen molar-refractivity contribution in [2.45, 2.75) is 70.6 Å². The Labute approximate surface area is 157 Å². The van der Waals surface area contributed by atoms with Crippen LogP contribution in [0.25, 0.3) is 0 Å². The van der Waals surface area contributed by atoms with Crippen LogP contribution in [0.3, 0.4) is 0 Å². The molecule has 0 unspecified atom stereocenters. The van der Waals surface area contributed by atoms with E-state index in [4.69, 9.17) is 16.3 Å². The summed E-state index contributed by atoms with van der Waals surface area (Å²) in [6, 6.07) is 1.04. The van der Waals surface area contributed by atoms with Crippen LogP contribution in [-0.2, 0) is 4.74 Å². The van der Waals surface area contributed by atoms with Gasteiger partial charge >= 0.3 is 6.09 Å². The Morgan fingerprint density at radius 2 is 1.85 bits per heavy atom. The van der Waals surface area contributed by atoms with Gasteiger partial charge in [-0.3, -0.25) is 4.79 Å². The monoisotopic (exact) mass is 385 g/mol. The van der Waals surface area contributed by atoms with Crippen LogP contribution in [0.2, 0.25) is 5.15 Å². The molecule has 2 N–H and O–H groups in total. The van der Waals surface area contributed by atoms with E-state index in [1.54, 1.807) is 0 Å². The zero-order valence-electron chi connectivity index (χ0n) is 15.3.